The maximum Gasteiger partial charge on any atom is 0.214 e. The Balaban J connectivity index is 2.15. The molecule has 0 aliphatic heterocycles. The molecule has 1 aliphatic rings. The minimum atomic E-state index is -3.18. The summed E-state index contributed by atoms with van der Waals surface area (Å²) in [6.07, 6.45) is 3.09. The van der Waals surface area contributed by atoms with Crippen LogP contribution in [-0.4, -0.2) is 19.7 Å². The van der Waals surface area contributed by atoms with E-state index in [2.05, 4.69) is 35.9 Å². The van der Waals surface area contributed by atoms with E-state index in [4.69, 9.17) is 0 Å². The molecule has 0 amide bonds. The Morgan fingerprint density at radius 1 is 1.16 bits per heavy atom. The quantitative estimate of drug-likeness (QED) is 0.922. The molecule has 1 aliphatic carbocycles. The van der Waals surface area contributed by atoms with Crippen LogP contribution in [0.4, 0.5) is 0 Å². The third-order valence-electron chi connectivity index (χ3n) is 3.96. The van der Waals surface area contributed by atoms with Gasteiger partial charge in [0.25, 0.3) is 0 Å². The summed E-state index contributed by atoms with van der Waals surface area (Å²) in [6.45, 7) is 5.51. The molecule has 1 fully saturated rings. The molecule has 0 unspecified atom stereocenters. The Morgan fingerprint density at radius 3 is 2.37 bits per heavy atom. The molecule has 0 spiro atoms. The van der Waals surface area contributed by atoms with Gasteiger partial charge in [-0.1, -0.05) is 36.2 Å². The monoisotopic (exact) mass is 281 g/mol. The van der Waals surface area contributed by atoms with Crippen molar-refractivity contribution in [3.8, 4) is 0 Å². The van der Waals surface area contributed by atoms with E-state index in [1.54, 1.807) is 13.8 Å². The molecule has 0 heterocycles. The van der Waals surface area contributed by atoms with Crippen molar-refractivity contribution in [1.29, 1.82) is 0 Å². The van der Waals surface area contributed by atoms with Gasteiger partial charge in [-0.15, -0.1) is 0 Å². The second kappa shape index (κ2) is 5.63. The zero-order valence-electron chi connectivity index (χ0n) is 11.9. The summed E-state index contributed by atoms with van der Waals surface area (Å²) in [4.78, 5) is 0. The minimum Gasteiger partial charge on any atom is -0.212 e. The highest BCUT2D eigenvalue weighted by atomic mass is 32.2. The van der Waals surface area contributed by atoms with E-state index in [0.717, 1.165) is 19.3 Å². The Morgan fingerprint density at radius 2 is 1.79 bits per heavy atom. The molecular weight excluding hydrogens is 258 g/mol. The number of hydrogen-bond donors (Lipinski definition) is 1. The van der Waals surface area contributed by atoms with Gasteiger partial charge in [-0.05, 0) is 39.2 Å². The average Bonchev–Trinajstić information content (AvgIpc) is 2.77. The van der Waals surface area contributed by atoms with Crippen LogP contribution in [0.25, 0.3) is 0 Å². The number of benzene rings is 1. The Labute approximate surface area is 116 Å². The van der Waals surface area contributed by atoms with E-state index >= 15 is 0 Å². The molecule has 0 aromatic heterocycles. The summed E-state index contributed by atoms with van der Waals surface area (Å²) < 4.78 is 26.9. The third-order valence-corrected chi connectivity index (χ3v) is 5.83. The van der Waals surface area contributed by atoms with Gasteiger partial charge in [-0.3, -0.25) is 0 Å². The maximum absolute atomic E-state index is 12.0. The topological polar surface area (TPSA) is 46.2 Å². The average molecular weight is 281 g/mol. The molecule has 1 aromatic carbocycles. The Hall–Kier alpha value is -0.870. The highest BCUT2D eigenvalue weighted by Crippen LogP contribution is 2.35. The van der Waals surface area contributed by atoms with Gasteiger partial charge in [0.2, 0.25) is 10.0 Å². The number of aryl methyl sites for hydroxylation is 1. The highest BCUT2D eigenvalue weighted by molar-refractivity contribution is 7.90. The second-order valence-electron chi connectivity index (χ2n) is 5.77. The van der Waals surface area contributed by atoms with Gasteiger partial charge in [-0.2, -0.15) is 0 Å². The summed E-state index contributed by atoms with van der Waals surface area (Å²) in [5.41, 5.74) is 2.49. The van der Waals surface area contributed by atoms with E-state index in [1.165, 1.54) is 11.1 Å². The van der Waals surface area contributed by atoms with Gasteiger partial charge >= 0.3 is 0 Å². The predicted octanol–water partition coefficient (Wildman–Crippen LogP) is 2.96. The van der Waals surface area contributed by atoms with E-state index in [0.29, 0.717) is 5.92 Å². The fourth-order valence-electron chi connectivity index (χ4n) is 2.66. The molecule has 2 rings (SSSR count). The van der Waals surface area contributed by atoms with Crippen molar-refractivity contribution < 1.29 is 8.42 Å². The van der Waals surface area contributed by atoms with Crippen LogP contribution in [0.5, 0.6) is 0 Å². The molecule has 19 heavy (non-hydrogen) atoms. The van der Waals surface area contributed by atoms with E-state index in [-0.39, 0.29) is 11.3 Å². The fourth-order valence-corrected chi connectivity index (χ4v) is 3.64. The van der Waals surface area contributed by atoms with Crippen LogP contribution < -0.4 is 4.72 Å². The van der Waals surface area contributed by atoms with E-state index < -0.39 is 10.0 Å². The van der Waals surface area contributed by atoms with Crippen molar-refractivity contribution in [2.24, 2.45) is 0 Å². The Kier molecular flexibility index (Phi) is 4.31. The highest BCUT2D eigenvalue weighted by Gasteiger charge is 2.32. The summed E-state index contributed by atoms with van der Waals surface area (Å²) >= 11 is 0. The molecule has 0 radical (unpaired) electrons. The summed E-state index contributed by atoms with van der Waals surface area (Å²) in [7, 11) is -3.18. The maximum atomic E-state index is 12.0. The molecule has 2 atom stereocenters. The van der Waals surface area contributed by atoms with Crippen molar-refractivity contribution in [2.45, 2.75) is 57.2 Å². The third kappa shape index (κ3) is 3.37. The lowest BCUT2D eigenvalue weighted by atomic mass is 9.94. The lowest BCUT2D eigenvalue weighted by Gasteiger charge is -2.22. The molecule has 4 heteroatoms. The van der Waals surface area contributed by atoms with Crippen LogP contribution in [0.3, 0.4) is 0 Å². The summed E-state index contributed by atoms with van der Waals surface area (Å²) in [5, 5.41) is -0.369. The molecule has 1 saturated carbocycles. The molecule has 0 saturated heterocycles. The molecule has 1 N–H and O–H groups in total. The molecule has 3 nitrogen and oxygen atoms in total. The van der Waals surface area contributed by atoms with Crippen molar-refractivity contribution in [2.75, 3.05) is 0 Å². The van der Waals surface area contributed by atoms with Crippen molar-refractivity contribution in [3.05, 3.63) is 35.4 Å². The number of hydrogen-bond acceptors (Lipinski definition) is 2. The SMILES string of the molecule is Cc1ccc([C@@H]2CCC[C@@H]2NS(=O)(=O)C(C)C)cc1. The minimum absolute atomic E-state index is 0.0510. The first-order valence-electron chi connectivity index (χ1n) is 6.98. The van der Waals surface area contributed by atoms with Crippen LogP contribution >= 0.6 is 0 Å². The van der Waals surface area contributed by atoms with Gasteiger partial charge < -0.3 is 0 Å². The van der Waals surface area contributed by atoms with Crippen LogP contribution in [0.15, 0.2) is 24.3 Å². The van der Waals surface area contributed by atoms with Gasteiger partial charge in [0, 0.05) is 12.0 Å². The molecule has 0 bridgehead atoms. The van der Waals surface area contributed by atoms with Crippen molar-refractivity contribution in [3.63, 3.8) is 0 Å². The first-order valence-corrected chi connectivity index (χ1v) is 8.52. The van der Waals surface area contributed by atoms with Gasteiger partial charge in [0.1, 0.15) is 0 Å². The first-order chi connectivity index (χ1) is 8.90. The largest absolute Gasteiger partial charge is 0.214 e. The lowest BCUT2D eigenvalue weighted by Crippen LogP contribution is -2.40. The molecule has 1 aromatic rings. The van der Waals surface area contributed by atoms with E-state index in [1.807, 2.05) is 0 Å². The van der Waals surface area contributed by atoms with Gasteiger partial charge in [-0.25, -0.2) is 13.1 Å². The smallest absolute Gasteiger partial charge is 0.212 e. The molecule has 106 valence electrons. The zero-order valence-corrected chi connectivity index (χ0v) is 12.7. The summed E-state index contributed by atoms with van der Waals surface area (Å²) in [6, 6.07) is 8.50. The van der Waals surface area contributed by atoms with Crippen molar-refractivity contribution >= 4 is 10.0 Å². The second-order valence-corrected chi connectivity index (χ2v) is 8.03. The van der Waals surface area contributed by atoms with Crippen LogP contribution in [-0.2, 0) is 10.0 Å². The Bertz CT molecular complexity index is 520. The summed E-state index contributed by atoms with van der Waals surface area (Å²) in [5.74, 6) is 0.314. The van der Waals surface area contributed by atoms with Crippen molar-refractivity contribution in [1.82, 2.24) is 4.72 Å². The fraction of sp³-hybridized carbons (Fsp3) is 0.600. The van der Waals surface area contributed by atoms with Crippen LogP contribution in [0, 0.1) is 6.92 Å². The van der Waals surface area contributed by atoms with Gasteiger partial charge in [0.05, 0.1) is 5.25 Å². The van der Waals surface area contributed by atoms with Gasteiger partial charge in [0.15, 0.2) is 0 Å². The predicted molar refractivity (Wildman–Crippen MR) is 78.8 cm³/mol. The van der Waals surface area contributed by atoms with E-state index in [9.17, 15) is 8.42 Å². The lowest BCUT2D eigenvalue weighted by molar-refractivity contribution is 0.519. The first kappa shape index (κ1) is 14.5. The number of nitrogens with one attached hydrogen (secondary N) is 1. The molecular formula is C15H23NO2S. The number of sulfonamides is 1. The van der Waals surface area contributed by atoms with Crippen LogP contribution in [0.2, 0.25) is 0 Å². The normalized spacial score (nSPS) is 24.0. The number of rotatable bonds is 4. The zero-order chi connectivity index (χ0) is 14.0. The standard InChI is InChI=1S/C15H23NO2S/c1-11(2)19(17,18)16-15-6-4-5-14(15)13-9-7-12(3)8-10-13/h7-11,14-16H,4-6H2,1-3H3/t14-,15-/m0/s1. The van der Waals surface area contributed by atoms with Crippen LogP contribution in [0.1, 0.15) is 50.2 Å².